The number of anilines is 1. The Kier molecular flexibility index (Phi) is 3.15. The lowest BCUT2D eigenvalue weighted by molar-refractivity contribution is -0.118. The Hall–Kier alpha value is -2.21. The summed E-state index contributed by atoms with van der Waals surface area (Å²) in [6.07, 6.45) is 0. The van der Waals surface area contributed by atoms with E-state index in [0.717, 1.165) is 5.06 Å². The Balaban J connectivity index is 2.22. The van der Waals surface area contributed by atoms with Crippen LogP contribution in [0.5, 0.6) is 0 Å². The molecule has 1 fully saturated rings. The van der Waals surface area contributed by atoms with E-state index >= 15 is 0 Å². The zero-order valence-corrected chi connectivity index (χ0v) is 9.21. The Morgan fingerprint density at radius 2 is 2.18 bits per heavy atom. The fourth-order valence-electron chi connectivity index (χ4n) is 1.36. The average Bonchev–Trinajstić information content (AvgIpc) is 2.72. The van der Waals surface area contributed by atoms with Gasteiger partial charge in [-0.3, -0.25) is 4.79 Å². The van der Waals surface area contributed by atoms with Gasteiger partial charge in [0.05, 0.1) is 12.3 Å². The summed E-state index contributed by atoms with van der Waals surface area (Å²) in [6, 6.07) is 8.79. The second-order valence-electron chi connectivity index (χ2n) is 3.24. The second kappa shape index (κ2) is 4.75. The molecule has 2 rings (SSSR count). The van der Waals surface area contributed by atoms with Gasteiger partial charge < -0.3 is 9.84 Å². The number of hydroxylamine groups is 2. The van der Waals surface area contributed by atoms with Gasteiger partial charge in [-0.2, -0.15) is 5.06 Å². The molecule has 1 aromatic rings. The van der Waals surface area contributed by atoms with Crippen LogP contribution < -0.4 is 10.5 Å². The van der Waals surface area contributed by atoms with E-state index in [2.05, 4.69) is 5.48 Å². The average molecular weight is 236 g/mol. The van der Waals surface area contributed by atoms with Gasteiger partial charge in [0.2, 0.25) is 5.70 Å². The first kappa shape index (κ1) is 11.3. The molecule has 0 saturated carbocycles. The molecule has 0 bridgehead atoms. The van der Waals surface area contributed by atoms with Crippen molar-refractivity contribution in [3.63, 3.8) is 0 Å². The Bertz CT molecular complexity index is 444. The Morgan fingerprint density at radius 3 is 2.82 bits per heavy atom. The van der Waals surface area contributed by atoms with Crippen molar-refractivity contribution in [3.05, 3.63) is 42.0 Å². The number of rotatable bonds is 3. The van der Waals surface area contributed by atoms with E-state index in [-0.39, 0.29) is 12.3 Å². The number of para-hydroxylation sites is 1. The molecule has 90 valence electrons. The second-order valence-corrected chi connectivity index (χ2v) is 3.24. The first-order chi connectivity index (χ1) is 8.24. The van der Waals surface area contributed by atoms with Gasteiger partial charge in [0, 0.05) is 0 Å². The molecule has 0 aromatic heterocycles. The standard InChI is InChI=1S/C11H12N2O4/c1-2-16-11(15)9-10(14)13(17-12-9)8-6-4-3-5-7-8/h3-7,12,15H,2H2,1H3/b11-9-. The normalized spacial score (nSPS) is 17.9. The molecule has 17 heavy (non-hydrogen) atoms. The first-order valence-electron chi connectivity index (χ1n) is 5.12. The molecule has 1 aromatic carbocycles. The van der Waals surface area contributed by atoms with Gasteiger partial charge in [0.1, 0.15) is 0 Å². The van der Waals surface area contributed by atoms with Gasteiger partial charge in [0.25, 0.3) is 0 Å². The lowest BCUT2D eigenvalue weighted by Gasteiger charge is -2.10. The highest BCUT2D eigenvalue weighted by atomic mass is 16.8. The van der Waals surface area contributed by atoms with Crippen LogP contribution in [0.1, 0.15) is 6.92 Å². The molecular weight excluding hydrogens is 224 g/mol. The van der Waals surface area contributed by atoms with Crippen LogP contribution in [0.15, 0.2) is 42.0 Å². The largest absolute Gasteiger partial charge is 0.479 e. The van der Waals surface area contributed by atoms with E-state index in [1.165, 1.54) is 0 Å². The first-order valence-corrected chi connectivity index (χ1v) is 5.12. The minimum absolute atomic E-state index is 0.115. The van der Waals surface area contributed by atoms with Crippen molar-refractivity contribution in [1.82, 2.24) is 5.48 Å². The molecule has 1 aliphatic heterocycles. The minimum Gasteiger partial charge on any atom is -0.479 e. The highest BCUT2D eigenvalue weighted by molar-refractivity contribution is 6.05. The van der Waals surface area contributed by atoms with Gasteiger partial charge in [-0.15, -0.1) is 4.94 Å². The number of hydrogen-bond acceptors (Lipinski definition) is 5. The van der Waals surface area contributed by atoms with Crippen molar-refractivity contribution in [2.75, 3.05) is 11.7 Å². The van der Waals surface area contributed by atoms with Crippen LogP contribution in [0.25, 0.3) is 0 Å². The molecule has 2 N–H and O–H groups in total. The van der Waals surface area contributed by atoms with Gasteiger partial charge in [0.15, 0.2) is 0 Å². The van der Waals surface area contributed by atoms with E-state index in [4.69, 9.17) is 9.68 Å². The predicted octanol–water partition coefficient (Wildman–Crippen LogP) is 1.23. The van der Waals surface area contributed by atoms with Crippen LogP contribution in [0.3, 0.4) is 0 Å². The van der Waals surface area contributed by atoms with Crippen LogP contribution in [0.2, 0.25) is 0 Å². The quantitative estimate of drug-likeness (QED) is 0.610. The maximum atomic E-state index is 11.9. The van der Waals surface area contributed by atoms with E-state index < -0.39 is 11.9 Å². The van der Waals surface area contributed by atoms with Crippen LogP contribution in [-0.4, -0.2) is 17.6 Å². The summed E-state index contributed by atoms with van der Waals surface area (Å²) in [4.78, 5) is 16.8. The number of ether oxygens (including phenoxy) is 1. The van der Waals surface area contributed by atoms with Gasteiger partial charge in [-0.05, 0) is 19.1 Å². The Labute approximate surface area is 98.0 Å². The molecule has 0 atom stereocenters. The number of hydrogen-bond donors (Lipinski definition) is 2. The van der Waals surface area contributed by atoms with Crippen LogP contribution >= 0.6 is 0 Å². The number of carbonyl (C=O) groups is 1. The monoisotopic (exact) mass is 236 g/mol. The molecule has 1 aliphatic rings. The van der Waals surface area contributed by atoms with Gasteiger partial charge in [-0.25, -0.2) is 5.48 Å². The summed E-state index contributed by atoms with van der Waals surface area (Å²) < 4.78 is 4.83. The summed E-state index contributed by atoms with van der Waals surface area (Å²) in [5.41, 5.74) is 2.76. The highest BCUT2D eigenvalue weighted by Crippen LogP contribution is 2.20. The molecule has 0 aliphatic carbocycles. The van der Waals surface area contributed by atoms with Crippen LogP contribution in [0, 0.1) is 0 Å². The number of carbonyl (C=O) groups excluding carboxylic acids is 1. The molecular formula is C11H12N2O4. The third kappa shape index (κ3) is 2.16. The number of benzene rings is 1. The predicted molar refractivity (Wildman–Crippen MR) is 59.4 cm³/mol. The molecule has 0 radical (unpaired) electrons. The SMILES string of the molecule is CCO/C(O)=C1\NON(c2ccccc2)C1=O. The fourth-order valence-corrected chi connectivity index (χ4v) is 1.36. The highest BCUT2D eigenvalue weighted by Gasteiger charge is 2.33. The number of amides is 1. The van der Waals surface area contributed by atoms with Crippen molar-refractivity contribution in [2.45, 2.75) is 6.92 Å². The third-order valence-corrected chi connectivity index (χ3v) is 2.12. The summed E-state index contributed by atoms with van der Waals surface area (Å²) in [5, 5.41) is 10.5. The van der Waals surface area contributed by atoms with E-state index in [1.54, 1.807) is 31.2 Å². The Morgan fingerprint density at radius 1 is 1.47 bits per heavy atom. The van der Waals surface area contributed by atoms with Crippen molar-refractivity contribution in [1.29, 1.82) is 0 Å². The minimum atomic E-state index is -0.512. The zero-order chi connectivity index (χ0) is 12.3. The number of nitrogens with one attached hydrogen (secondary N) is 1. The molecule has 0 spiro atoms. The van der Waals surface area contributed by atoms with E-state index in [9.17, 15) is 9.90 Å². The smallest absolute Gasteiger partial charge is 0.310 e. The van der Waals surface area contributed by atoms with Crippen molar-refractivity contribution < 1.29 is 19.6 Å². The van der Waals surface area contributed by atoms with E-state index in [1.807, 2.05) is 6.07 Å². The van der Waals surface area contributed by atoms with Crippen molar-refractivity contribution in [2.24, 2.45) is 0 Å². The fraction of sp³-hybridized carbons (Fsp3) is 0.182. The zero-order valence-electron chi connectivity index (χ0n) is 9.21. The molecule has 1 heterocycles. The topological polar surface area (TPSA) is 71.0 Å². The summed E-state index contributed by atoms with van der Waals surface area (Å²) in [7, 11) is 0. The van der Waals surface area contributed by atoms with Crippen molar-refractivity contribution >= 4 is 11.6 Å². The summed E-state index contributed by atoms with van der Waals surface area (Å²) in [6.45, 7) is 1.96. The molecule has 6 heteroatoms. The third-order valence-electron chi connectivity index (χ3n) is 2.12. The maximum Gasteiger partial charge on any atom is 0.310 e. The molecule has 1 amide bonds. The molecule has 0 unspecified atom stereocenters. The number of nitrogens with zero attached hydrogens (tertiary/aromatic N) is 1. The number of aliphatic hydroxyl groups is 1. The molecule has 1 saturated heterocycles. The lowest BCUT2D eigenvalue weighted by atomic mass is 10.3. The van der Waals surface area contributed by atoms with Crippen molar-refractivity contribution in [3.8, 4) is 0 Å². The van der Waals surface area contributed by atoms with Gasteiger partial charge >= 0.3 is 11.9 Å². The molecule has 6 nitrogen and oxygen atoms in total. The van der Waals surface area contributed by atoms with Crippen LogP contribution in [-0.2, 0) is 14.5 Å². The van der Waals surface area contributed by atoms with Crippen LogP contribution in [0.4, 0.5) is 5.69 Å². The summed E-state index contributed by atoms with van der Waals surface area (Å²) >= 11 is 0. The lowest BCUT2D eigenvalue weighted by Crippen LogP contribution is -2.23. The number of aliphatic hydroxyl groups excluding tert-OH is 1. The van der Waals surface area contributed by atoms with E-state index in [0.29, 0.717) is 5.69 Å². The van der Waals surface area contributed by atoms with Gasteiger partial charge in [-0.1, -0.05) is 18.2 Å². The maximum absolute atomic E-state index is 11.9. The summed E-state index contributed by atoms with van der Waals surface area (Å²) in [5.74, 6) is -0.988.